The van der Waals surface area contributed by atoms with E-state index in [1.807, 2.05) is 30.3 Å². The van der Waals surface area contributed by atoms with Crippen molar-refractivity contribution in [1.82, 2.24) is 0 Å². The van der Waals surface area contributed by atoms with Crippen LogP contribution in [0.15, 0.2) is 53.5 Å². The fraction of sp³-hybridized carbons (Fsp3) is 0.0714. The fourth-order valence-electron chi connectivity index (χ4n) is 1.42. The maximum absolute atomic E-state index is 13.2. The molecule has 1 nitrogen and oxygen atoms in total. The molecule has 0 saturated heterocycles. The van der Waals surface area contributed by atoms with Gasteiger partial charge in [-0.1, -0.05) is 36.4 Å². The number of rotatable bonds is 2. The summed E-state index contributed by atoms with van der Waals surface area (Å²) in [6, 6.07) is 14.7. The first-order valence-electron chi connectivity index (χ1n) is 5.11. The summed E-state index contributed by atoms with van der Waals surface area (Å²) in [5.41, 5.74) is 2.25. The summed E-state index contributed by atoms with van der Waals surface area (Å²) >= 11 is 0. The van der Waals surface area contributed by atoms with Crippen molar-refractivity contribution < 1.29 is 4.39 Å². The molecule has 0 aliphatic rings. The van der Waals surface area contributed by atoms with Crippen molar-refractivity contribution in [2.75, 3.05) is 0 Å². The van der Waals surface area contributed by atoms with Crippen LogP contribution in [0.25, 0.3) is 0 Å². The molecule has 0 aliphatic carbocycles. The molecule has 0 bridgehead atoms. The first kappa shape index (κ1) is 10.6. The van der Waals surface area contributed by atoms with Gasteiger partial charge < -0.3 is 0 Å². The van der Waals surface area contributed by atoms with Crippen LogP contribution in [-0.2, 0) is 0 Å². The van der Waals surface area contributed by atoms with Gasteiger partial charge in [-0.2, -0.15) is 0 Å². The topological polar surface area (TPSA) is 12.4 Å². The maximum atomic E-state index is 13.2. The van der Waals surface area contributed by atoms with Crippen molar-refractivity contribution in [1.29, 1.82) is 0 Å². The van der Waals surface area contributed by atoms with Gasteiger partial charge in [-0.15, -0.1) is 0 Å². The summed E-state index contributed by atoms with van der Waals surface area (Å²) in [4.78, 5) is 4.27. The number of hydrogen-bond donors (Lipinski definition) is 0. The fourth-order valence-corrected chi connectivity index (χ4v) is 1.42. The van der Waals surface area contributed by atoms with Crippen LogP contribution in [0.2, 0.25) is 0 Å². The molecular formula is C14H12FN. The second-order valence-corrected chi connectivity index (χ2v) is 3.55. The number of benzene rings is 2. The molecule has 2 rings (SSSR count). The average Bonchev–Trinajstić information content (AvgIpc) is 2.32. The zero-order valence-electron chi connectivity index (χ0n) is 9.02. The Hall–Kier alpha value is -1.96. The lowest BCUT2D eigenvalue weighted by atomic mass is 10.2. The van der Waals surface area contributed by atoms with E-state index in [1.54, 1.807) is 25.3 Å². The van der Waals surface area contributed by atoms with Crippen molar-refractivity contribution in [3.05, 3.63) is 65.5 Å². The van der Waals surface area contributed by atoms with Gasteiger partial charge in [0.15, 0.2) is 0 Å². The summed E-state index contributed by atoms with van der Waals surface area (Å²) in [5.74, 6) is -0.220. The lowest BCUT2D eigenvalue weighted by Crippen LogP contribution is -1.83. The molecule has 0 aromatic heterocycles. The highest BCUT2D eigenvalue weighted by Gasteiger charge is 2.00. The first-order chi connectivity index (χ1) is 7.77. The summed E-state index contributed by atoms with van der Waals surface area (Å²) in [6.07, 6.45) is 1.74. The van der Waals surface area contributed by atoms with Crippen LogP contribution in [0.4, 0.5) is 10.1 Å². The molecule has 80 valence electrons. The van der Waals surface area contributed by atoms with E-state index in [0.717, 1.165) is 5.56 Å². The molecule has 2 aromatic rings. The van der Waals surface area contributed by atoms with Gasteiger partial charge >= 0.3 is 0 Å². The van der Waals surface area contributed by atoms with E-state index in [2.05, 4.69) is 4.99 Å². The summed E-state index contributed by atoms with van der Waals surface area (Å²) in [7, 11) is 0. The van der Waals surface area contributed by atoms with Crippen molar-refractivity contribution in [2.24, 2.45) is 4.99 Å². The van der Waals surface area contributed by atoms with Crippen LogP contribution in [0.5, 0.6) is 0 Å². The van der Waals surface area contributed by atoms with E-state index in [-0.39, 0.29) is 5.82 Å². The highest BCUT2D eigenvalue weighted by molar-refractivity contribution is 5.82. The Morgan fingerprint density at radius 2 is 1.75 bits per heavy atom. The van der Waals surface area contributed by atoms with Crippen LogP contribution in [0.3, 0.4) is 0 Å². The van der Waals surface area contributed by atoms with Gasteiger partial charge in [0.25, 0.3) is 0 Å². The maximum Gasteiger partial charge on any atom is 0.128 e. The molecule has 0 spiro atoms. The standard InChI is InChI=1S/C14H12FN/c1-11-13(15)8-5-9-14(11)16-10-12-6-3-2-4-7-12/h2-10H,1H3/b16-10+. The van der Waals surface area contributed by atoms with Crippen molar-refractivity contribution in [3.8, 4) is 0 Å². The Morgan fingerprint density at radius 3 is 2.50 bits per heavy atom. The Balaban J connectivity index is 2.28. The van der Waals surface area contributed by atoms with Crippen molar-refractivity contribution in [3.63, 3.8) is 0 Å². The van der Waals surface area contributed by atoms with Crippen LogP contribution in [0, 0.1) is 12.7 Å². The monoisotopic (exact) mass is 213 g/mol. The molecule has 0 N–H and O–H groups in total. The van der Waals surface area contributed by atoms with Crippen LogP contribution in [0.1, 0.15) is 11.1 Å². The SMILES string of the molecule is Cc1c(F)cccc1/N=C/c1ccccc1. The lowest BCUT2D eigenvalue weighted by Gasteiger charge is -2.00. The number of halogens is 1. The summed E-state index contributed by atoms with van der Waals surface area (Å²) < 4.78 is 13.2. The van der Waals surface area contributed by atoms with Crippen LogP contribution in [-0.4, -0.2) is 6.21 Å². The smallest absolute Gasteiger partial charge is 0.128 e. The van der Waals surface area contributed by atoms with E-state index in [4.69, 9.17) is 0 Å². The molecule has 2 aromatic carbocycles. The zero-order chi connectivity index (χ0) is 11.4. The van der Waals surface area contributed by atoms with Crippen molar-refractivity contribution >= 4 is 11.9 Å². The first-order valence-corrected chi connectivity index (χ1v) is 5.11. The van der Waals surface area contributed by atoms with Gasteiger partial charge in [0.2, 0.25) is 0 Å². The van der Waals surface area contributed by atoms with Crippen LogP contribution >= 0.6 is 0 Å². The molecule has 2 heteroatoms. The third kappa shape index (κ3) is 2.34. The highest BCUT2D eigenvalue weighted by atomic mass is 19.1. The largest absolute Gasteiger partial charge is 0.256 e. The van der Waals surface area contributed by atoms with E-state index < -0.39 is 0 Å². The lowest BCUT2D eigenvalue weighted by molar-refractivity contribution is 0.619. The van der Waals surface area contributed by atoms with Crippen molar-refractivity contribution in [2.45, 2.75) is 6.92 Å². The number of nitrogens with zero attached hydrogens (tertiary/aromatic N) is 1. The van der Waals surface area contributed by atoms with Crippen LogP contribution < -0.4 is 0 Å². The van der Waals surface area contributed by atoms with Gasteiger partial charge in [0.05, 0.1) is 5.69 Å². The molecule has 0 heterocycles. The second kappa shape index (κ2) is 4.71. The third-order valence-electron chi connectivity index (χ3n) is 2.39. The summed E-state index contributed by atoms with van der Waals surface area (Å²) in [5, 5.41) is 0. The minimum atomic E-state index is -0.220. The van der Waals surface area contributed by atoms with Gasteiger partial charge in [-0.05, 0) is 24.6 Å². The van der Waals surface area contributed by atoms with E-state index in [9.17, 15) is 4.39 Å². The highest BCUT2D eigenvalue weighted by Crippen LogP contribution is 2.20. The van der Waals surface area contributed by atoms with Gasteiger partial charge in [0.1, 0.15) is 5.82 Å². The Bertz CT molecular complexity index is 503. The molecule has 0 unspecified atom stereocenters. The predicted molar refractivity (Wildman–Crippen MR) is 64.8 cm³/mol. The average molecular weight is 213 g/mol. The number of aliphatic imine (C=N–C) groups is 1. The van der Waals surface area contributed by atoms with E-state index in [0.29, 0.717) is 11.3 Å². The van der Waals surface area contributed by atoms with Gasteiger partial charge in [-0.3, -0.25) is 4.99 Å². The summed E-state index contributed by atoms with van der Waals surface area (Å²) in [6.45, 7) is 1.73. The Morgan fingerprint density at radius 1 is 1.00 bits per heavy atom. The third-order valence-corrected chi connectivity index (χ3v) is 2.39. The van der Waals surface area contributed by atoms with Gasteiger partial charge in [-0.25, -0.2) is 4.39 Å². The molecule has 16 heavy (non-hydrogen) atoms. The quantitative estimate of drug-likeness (QED) is 0.671. The number of hydrogen-bond acceptors (Lipinski definition) is 1. The second-order valence-electron chi connectivity index (χ2n) is 3.55. The molecule has 0 aliphatic heterocycles. The molecule has 0 atom stereocenters. The molecular weight excluding hydrogens is 201 g/mol. The molecule has 0 amide bonds. The molecule has 0 radical (unpaired) electrons. The molecule has 0 saturated carbocycles. The normalized spacial score (nSPS) is 10.9. The minimum Gasteiger partial charge on any atom is -0.256 e. The van der Waals surface area contributed by atoms with E-state index in [1.165, 1.54) is 6.07 Å². The Labute approximate surface area is 94.3 Å². The van der Waals surface area contributed by atoms with Gasteiger partial charge in [0, 0.05) is 11.8 Å². The minimum absolute atomic E-state index is 0.220. The Kier molecular flexibility index (Phi) is 3.10. The predicted octanol–water partition coefficient (Wildman–Crippen LogP) is 3.88. The zero-order valence-corrected chi connectivity index (χ0v) is 9.02. The van der Waals surface area contributed by atoms with E-state index >= 15 is 0 Å². The molecule has 0 fully saturated rings.